The quantitative estimate of drug-likeness (QED) is 0.460. The van der Waals surface area contributed by atoms with Crippen molar-refractivity contribution in [2.45, 2.75) is 26.7 Å². The standard InChI is InChI=1S/C13H15FO3/c1-4-17-13(16)12(15)10-7-5-6-9(8(2)3)11(10)14/h5-8H,4H2,1-3H3. The van der Waals surface area contributed by atoms with Crippen molar-refractivity contribution in [1.29, 1.82) is 0 Å². The molecule has 0 aliphatic heterocycles. The maximum absolute atomic E-state index is 13.9. The first-order valence-corrected chi connectivity index (χ1v) is 5.48. The van der Waals surface area contributed by atoms with E-state index in [2.05, 4.69) is 4.74 Å². The lowest BCUT2D eigenvalue weighted by molar-refractivity contribution is -0.137. The van der Waals surface area contributed by atoms with E-state index in [0.717, 1.165) is 0 Å². The van der Waals surface area contributed by atoms with E-state index in [9.17, 15) is 14.0 Å². The van der Waals surface area contributed by atoms with Crippen LogP contribution in [-0.4, -0.2) is 18.4 Å². The van der Waals surface area contributed by atoms with Crippen molar-refractivity contribution in [2.24, 2.45) is 0 Å². The summed E-state index contributed by atoms with van der Waals surface area (Å²) in [7, 11) is 0. The molecule has 0 saturated heterocycles. The summed E-state index contributed by atoms with van der Waals surface area (Å²) < 4.78 is 18.5. The fourth-order valence-electron chi connectivity index (χ4n) is 1.48. The van der Waals surface area contributed by atoms with Gasteiger partial charge in [0.1, 0.15) is 5.82 Å². The first-order valence-electron chi connectivity index (χ1n) is 5.48. The van der Waals surface area contributed by atoms with Gasteiger partial charge in [-0.05, 0) is 24.5 Å². The number of carbonyl (C=O) groups excluding carboxylic acids is 2. The Morgan fingerprint density at radius 3 is 2.53 bits per heavy atom. The maximum Gasteiger partial charge on any atom is 0.379 e. The first-order chi connectivity index (χ1) is 7.99. The van der Waals surface area contributed by atoms with E-state index < -0.39 is 17.6 Å². The Labute approximate surface area is 99.6 Å². The van der Waals surface area contributed by atoms with Crippen molar-refractivity contribution in [2.75, 3.05) is 6.61 Å². The predicted molar refractivity (Wildman–Crippen MR) is 61.5 cm³/mol. The molecule has 0 saturated carbocycles. The summed E-state index contributed by atoms with van der Waals surface area (Å²) in [6.07, 6.45) is 0. The van der Waals surface area contributed by atoms with Crippen LogP contribution in [0.25, 0.3) is 0 Å². The van der Waals surface area contributed by atoms with Crippen LogP contribution in [0.5, 0.6) is 0 Å². The number of hydrogen-bond donors (Lipinski definition) is 0. The van der Waals surface area contributed by atoms with E-state index in [0.29, 0.717) is 5.56 Å². The highest BCUT2D eigenvalue weighted by Crippen LogP contribution is 2.21. The van der Waals surface area contributed by atoms with Gasteiger partial charge in [-0.25, -0.2) is 9.18 Å². The monoisotopic (exact) mass is 238 g/mol. The summed E-state index contributed by atoms with van der Waals surface area (Å²) in [6, 6.07) is 4.45. The van der Waals surface area contributed by atoms with Crippen LogP contribution in [0.4, 0.5) is 4.39 Å². The van der Waals surface area contributed by atoms with Gasteiger partial charge in [0.05, 0.1) is 12.2 Å². The molecule has 0 atom stereocenters. The topological polar surface area (TPSA) is 43.4 Å². The molecule has 0 radical (unpaired) electrons. The van der Waals surface area contributed by atoms with Crippen molar-refractivity contribution in [1.82, 2.24) is 0 Å². The number of halogens is 1. The molecule has 0 spiro atoms. The van der Waals surface area contributed by atoms with Gasteiger partial charge in [0.2, 0.25) is 0 Å². The molecule has 0 aromatic heterocycles. The SMILES string of the molecule is CCOC(=O)C(=O)c1cccc(C(C)C)c1F. The largest absolute Gasteiger partial charge is 0.460 e. The molecular formula is C13H15FO3. The van der Waals surface area contributed by atoms with Gasteiger partial charge >= 0.3 is 5.97 Å². The normalized spacial score (nSPS) is 10.4. The fourth-order valence-corrected chi connectivity index (χ4v) is 1.48. The number of carbonyl (C=O) groups is 2. The molecule has 0 aliphatic carbocycles. The predicted octanol–water partition coefficient (Wildman–Crippen LogP) is 2.69. The van der Waals surface area contributed by atoms with Crippen LogP contribution in [0, 0.1) is 5.82 Å². The zero-order chi connectivity index (χ0) is 13.0. The summed E-state index contributed by atoms with van der Waals surface area (Å²) in [4.78, 5) is 22.9. The summed E-state index contributed by atoms with van der Waals surface area (Å²) >= 11 is 0. The molecule has 0 aliphatic rings. The zero-order valence-corrected chi connectivity index (χ0v) is 10.1. The number of esters is 1. The minimum absolute atomic E-state index is 0.0510. The Morgan fingerprint density at radius 1 is 1.35 bits per heavy atom. The van der Waals surface area contributed by atoms with Crippen molar-refractivity contribution < 1.29 is 18.7 Å². The molecule has 0 amide bonds. The Morgan fingerprint density at radius 2 is 2.00 bits per heavy atom. The molecular weight excluding hydrogens is 223 g/mol. The van der Waals surface area contributed by atoms with Crippen LogP contribution in [0.3, 0.4) is 0 Å². The lowest BCUT2D eigenvalue weighted by Gasteiger charge is -2.09. The number of hydrogen-bond acceptors (Lipinski definition) is 3. The molecule has 1 rings (SSSR count). The molecule has 0 bridgehead atoms. The van der Waals surface area contributed by atoms with Crippen molar-refractivity contribution in [3.8, 4) is 0 Å². The van der Waals surface area contributed by atoms with Gasteiger partial charge in [0, 0.05) is 0 Å². The molecule has 17 heavy (non-hydrogen) atoms. The first kappa shape index (κ1) is 13.4. The smallest absolute Gasteiger partial charge is 0.379 e. The third-order valence-corrected chi connectivity index (χ3v) is 2.36. The molecule has 4 heteroatoms. The van der Waals surface area contributed by atoms with Gasteiger partial charge in [0.15, 0.2) is 0 Å². The highest BCUT2D eigenvalue weighted by Gasteiger charge is 2.23. The van der Waals surface area contributed by atoms with Crippen LogP contribution in [0.1, 0.15) is 42.6 Å². The molecule has 1 aromatic carbocycles. The van der Waals surface area contributed by atoms with Crippen molar-refractivity contribution in [3.63, 3.8) is 0 Å². The average molecular weight is 238 g/mol. The molecule has 3 nitrogen and oxygen atoms in total. The third-order valence-electron chi connectivity index (χ3n) is 2.36. The van der Waals surface area contributed by atoms with Gasteiger partial charge in [-0.2, -0.15) is 0 Å². The van der Waals surface area contributed by atoms with E-state index in [1.807, 2.05) is 13.8 Å². The van der Waals surface area contributed by atoms with Crippen LogP contribution >= 0.6 is 0 Å². The number of Topliss-reactive ketones (excluding diaryl/α,β-unsaturated/α-hetero) is 1. The van der Waals surface area contributed by atoms with Crippen LogP contribution in [0.2, 0.25) is 0 Å². The van der Waals surface area contributed by atoms with Gasteiger partial charge < -0.3 is 4.74 Å². The Balaban J connectivity index is 3.11. The second-order valence-corrected chi connectivity index (χ2v) is 3.91. The van der Waals surface area contributed by atoms with Gasteiger partial charge in [-0.1, -0.05) is 26.0 Å². The molecule has 92 valence electrons. The Bertz CT molecular complexity index is 438. The summed E-state index contributed by atoms with van der Waals surface area (Å²) in [5.74, 6) is -2.65. The van der Waals surface area contributed by atoms with Crippen LogP contribution in [0.15, 0.2) is 18.2 Å². The van der Waals surface area contributed by atoms with Crippen molar-refractivity contribution >= 4 is 11.8 Å². The second kappa shape index (κ2) is 5.57. The molecule has 1 aromatic rings. The minimum Gasteiger partial charge on any atom is -0.460 e. The van der Waals surface area contributed by atoms with E-state index in [1.165, 1.54) is 6.07 Å². The number of ketones is 1. The van der Waals surface area contributed by atoms with E-state index >= 15 is 0 Å². The van der Waals surface area contributed by atoms with Crippen molar-refractivity contribution in [3.05, 3.63) is 35.1 Å². The third kappa shape index (κ3) is 2.90. The van der Waals surface area contributed by atoms with Crippen LogP contribution in [-0.2, 0) is 9.53 Å². The second-order valence-electron chi connectivity index (χ2n) is 3.91. The summed E-state index contributed by atoms with van der Waals surface area (Å²) in [5, 5.41) is 0. The maximum atomic E-state index is 13.9. The van der Waals surface area contributed by atoms with Gasteiger partial charge in [0.25, 0.3) is 5.78 Å². The fraction of sp³-hybridized carbons (Fsp3) is 0.385. The average Bonchev–Trinajstić information content (AvgIpc) is 2.28. The van der Waals surface area contributed by atoms with Gasteiger partial charge in [-0.3, -0.25) is 4.79 Å². The summed E-state index contributed by atoms with van der Waals surface area (Å²) in [6.45, 7) is 5.32. The molecule has 0 fully saturated rings. The Hall–Kier alpha value is -1.71. The lowest BCUT2D eigenvalue weighted by atomic mass is 9.98. The van der Waals surface area contributed by atoms with E-state index in [1.54, 1.807) is 19.1 Å². The molecule has 0 N–H and O–H groups in total. The molecule has 0 heterocycles. The van der Waals surface area contributed by atoms with Gasteiger partial charge in [-0.15, -0.1) is 0 Å². The number of ether oxygens (including phenoxy) is 1. The minimum atomic E-state index is -1.02. The Kier molecular flexibility index (Phi) is 4.37. The highest BCUT2D eigenvalue weighted by atomic mass is 19.1. The number of benzene rings is 1. The van der Waals surface area contributed by atoms with E-state index in [-0.39, 0.29) is 18.1 Å². The van der Waals surface area contributed by atoms with Crippen LogP contribution < -0.4 is 0 Å². The lowest BCUT2D eigenvalue weighted by Crippen LogP contribution is -2.19. The highest BCUT2D eigenvalue weighted by molar-refractivity contribution is 6.40. The molecule has 0 unspecified atom stereocenters. The zero-order valence-electron chi connectivity index (χ0n) is 10.1. The number of rotatable bonds is 4. The summed E-state index contributed by atoms with van der Waals surface area (Å²) in [5.41, 5.74) is 0.190. The van der Waals surface area contributed by atoms with E-state index in [4.69, 9.17) is 0 Å².